The van der Waals surface area contributed by atoms with Crippen LogP contribution in [-0.2, 0) is 22.6 Å². The maximum Gasteiger partial charge on any atom is 0.261 e. The fraction of sp³-hybridized carbons (Fsp3) is 0.333. The van der Waals surface area contributed by atoms with Gasteiger partial charge in [-0.1, -0.05) is 66.2 Å². The average molecular weight is 469 g/mol. The molecular weight excluding hydrogens is 436 g/mol. The van der Waals surface area contributed by atoms with Crippen LogP contribution in [0.5, 0.6) is 5.75 Å². The van der Waals surface area contributed by atoms with E-state index in [-0.39, 0.29) is 23.8 Å². The number of nitrogens with one attached hydrogen (secondary N) is 1. The van der Waals surface area contributed by atoms with Crippen molar-refractivity contribution < 1.29 is 14.3 Å². The number of amides is 2. The van der Waals surface area contributed by atoms with Gasteiger partial charge in [-0.05, 0) is 67.5 Å². The van der Waals surface area contributed by atoms with Gasteiger partial charge in [-0.3, -0.25) is 9.59 Å². The lowest BCUT2D eigenvalue weighted by Crippen LogP contribution is -2.41. The summed E-state index contributed by atoms with van der Waals surface area (Å²) >= 11 is 0. The lowest BCUT2D eigenvalue weighted by Gasteiger charge is -2.38. The normalized spacial score (nSPS) is 17.9. The van der Waals surface area contributed by atoms with Gasteiger partial charge in [-0.25, -0.2) is 0 Å². The summed E-state index contributed by atoms with van der Waals surface area (Å²) in [5.74, 6) is 0.898. The Bertz CT molecular complexity index is 1200. The molecule has 1 aliphatic carbocycles. The minimum absolute atomic E-state index is 0.141. The summed E-state index contributed by atoms with van der Waals surface area (Å²) < 4.78 is 6.07. The Hall–Kier alpha value is -3.60. The van der Waals surface area contributed by atoms with Crippen molar-refractivity contribution in [2.24, 2.45) is 5.92 Å². The van der Waals surface area contributed by atoms with Crippen LogP contribution in [0.4, 0.5) is 0 Å². The second-order valence-corrected chi connectivity index (χ2v) is 9.69. The predicted molar refractivity (Wildman–Crippen MR) is 136 cm³/mol. The first-order chi connectivity index (χ1) is 17.0. The summed E-state index contributed by atoms with van der Waals surface area (Å²) in [5, 5.41) is 2.95. The first-order valence-electron chi connectivity index (χ1n) is 12.5. The van der Waals surface area contributed by atoms with Gasteiger partial charge in [0, 0.05) is 19.0 Å². The van der Waals surface area contributed by atoms with Gasteiger partial charge in [-0.15, -0.1) is 0 Å². The zero-order valence-electron chi connectivity index (χ0n) is 20.4. The summed E-state index contributed by atoms with van der Waals surface area (Å²) in [7, 11) is 0. The van der Waals surface area contributed by atoms with Crippen molar-refractivity contribution in [1.82, 2.24) is 10.2 Å². The number of carbonyl (C=O) groups excluding carboxylic acids is 2. The molecule has 180 valence electrons. The number of hydrogen-bond donors (Lipinski definition) is 1. The third kappa shape index (κ3) is 5.24. The molecule has 5 heteroatoms. The van der Waals surface area contributed by atoms with Crippen LogP contribution < -0.4 is 10.1 Å². The lowest BCUT2D eigenvalue weighted by atomic mass is 9.87. The maximum absolute atomic E-state index is 13.2. The number of fused-ring (bicyclic) bond motifs is 1. The summed E-state index contributed by atoms with van der Waals surface area (Å²) in [5.41, 5.74) is 5.66. The Morgan fingerprint density at radius 1 is 1.03 bits per heavy atom. The van der Waals surface area contributed by atoms with E-state index in [4.69, 9.17) is 4.74 Å². The maximum atomic E-state index is 13.2. The van der Waals surface area contributed by atoms with E-state index in [9.17, 15) is 9.59 Å². The molecule has 2 aliphatic rings. The molecule has 2 atom stereocenters. The molecule has 0 aromatic heterocycles. The molecule has 2 unspecified atom stereocenters. The molecule has 2 amide bonds. The summed E-state index contributed by atoms with van der Waals surface area (Å²) in [6, 6.07) is 24.2. The molecule has 0 radical (unpaired) electrons. The number of rotatable bonds is 7. The number of carbonyl (C=O) groups is 2. The number of hydrogen-bond acceptors (Lipinski definition) is 3. The van der Waals surface area contributed by atoms with Crippen molar-refractivity contribution in [1.29, 1.82) is 0 Å². The molecule has 5 rings (SSSR count). The van der Waals surface area contributed by atoms with Crippen LogP contribution in [0, 0.1) is 12.8 Å². The Balaban J connectivity index is 1.36. The van der Waals surface area contributed by atoms with Crippen molar-refractivity contribution in [2.75, 3.05) is 6.54 Å². The number of benzene rings is 3. The second-order valence-electron chi connectivity index (χ2n) is 9.69. The van der Waals surface area contributed by atoms with E-state index < -0.39 is 6.10 Å². The second kappa shape index (κ2) is 9.95. The lowest BCUT2D eigenvalue weighted by molar-refractivity contribution is -0.134. The molecule has 3 aromatic carbocycles. The van der Waals surface area contributed by atoms with E-state index in [1.54, 1.807) is 6.92 Å². The topological polar surface area (TPSA) is 58.6 Å². The van der Waals surface area contributed by atoms with Gasteiger partial charge >= 0.3 is 0 Å². The molecule has 5 nitrogen and oxygen atoms in total. The van der Waals surface area contributed by atoms with Crippen molar-refractivity contribution in [3.8, 4) is 5.75 Å². The molecule has 1 heterocycles. The van der Waals surface area contributed by atoms with Crippen LogP contribution in [0.3, 0.4) is 0 Å². The van der Waals surface area contributed by atoms with Crippen LogP contribution in [-0.4, -0.2) is 29.4 Å². The molecular formula is C30H32N2O3. The van der Waals surface area contributed by atoms with E-state index in [1.807, 2.05) is 47.4 Å². The average Bonchev–Trinajstić information content (AvgIpc) is 3.73. The number of ether oxygens (including phenoxy) is 1. The third-order valence-corrected chi connectivity index (χ3v) is 6.94. The molecule has 1 N–H and O–H groups in total. The van der Waals surface area contributed by atoms with E-state index in [0.717, 1.165) is 42.5 Å². The van der Waals surface area contributed by atoms with Gasteiger partial charge in [0.15, 0.2) is 6.10 Å². The van der Waals surface area contributed by atoms with E-state index in [0.29, 0.717) is 12.3 Å². The molecule has 0 saturated heterocycles. The highest BCUT2D eigenvalue weighted by Crippen LogP contribution is 2.41. The smallest absolute Gasteiger partial charge is 0.261 e. The largest absolute Gasteiger partial charge is 0.481 e. The quantitative estimate of drug-likeness (QED) is 0.533. The summed E-state index contributed by atoms with van der Waals surface area (Å²) in [6.07, 6.45) is 2.16. The van der Waals surface area contributed by atoms with Gasteiger partial charge < -0.3 is 15.0 Å². The SMILES string of the molecule is Cc1ccc(C2c3cc(OC(C)C(=O)NCc4ccccc4)ccc3CCN2C(=O)C2CC2)cc1. The highest BCUT2D eigenvalue weighted by Gasteiger charge is 2.39. The standard InChI is InChI=1S/C30H32N2O3/c1-20-8-10-24(11-9-20)28-27-18-26(15-14-23(27)16-17-32(28)30(34)25-12-13-25)35-21(2)29(33)31-19-22-6-4-3-5-7-22/h3-11,14-15,18,21,25,28H,12-13,16-17,19H2,1-2H3,(H,31,33). The fourth-order valence-corrected chi connectivity index (χ4v) is 4.76. The van der Waals surface area contributed by atoms with Crippen LogP contribution in [0.1, 0.15) is 53.6 Å². The molecule has 35 heavy (non-hydrogen) atoms. The predicted octanol–water partition coefficient (Wildman–Crippen LogP) is 4.96. The fourth-order valence-electron chi connectivity index (χ4n) is 4.76. The zero-order chi connectivity index (χ0) is 24.4. The van der Waals surface area contributed by atoms with E-state index in [2.05, 4.69) is 42.6 Å². The van der Waals surface area contributed by atoms with Crippen LogP contribution in [0.2, 0.25) is 0 Å². The minimum atomic E-state index is -0.637. The van der Waals surface area contributed by atoms with Gasteiger partial charge in [-0.2, -0.15) is 0 Å². The number of aryl methyl sites for hydroxylation is 1. The molecule has 0 bridgehead atoms. The molecule has 3 aromatic rings. The Morgan fingerprint density at radius 2 is 1.77 bits per heavy atom. The number of nitrogens with zero attached hydrogens (tertiary/aromatic N) is 1. The Kier molecular flexibility index (Phi) is 6.58. The highest BCUT2D eigenvalue weighted by molar-refractivity contribution is 5.82. The molecule has 0 spiro atoms. The van der Waals surface area contributed by atoms with Crippen molar-refractivity contribution in [2.45, 2.75) is 51.8 Å². The van der Waals surface area contributed by atoms with Gasteiger partial charge in [0.2, 0.25) is 5.91 Å². The van der Waals surface area contributed by atoms with Crippen molar-refractivity contribution in [3.63, 3.8) is 0 Å². The van der Waals surface area contributed by atoms with Gasteiger partial charge in [0.05, 0.1) is 6.04 Å². The minimum Gasteiger partial charge on any atom is -0.481 e. The highest BCUT2D eigenvalue weighted by atomic mass is 16.5. The zero-order valence-corrected chi connectivity index (χ0v) is 20.4. The molecule has 1 aliphatic heterocycles. The Labute approximate surface area is 207 Å². The van der Waals surface area contributed by atoms with E-state index in [1.165, 1.54) is 11.1 Å². The van der Waals surface area contributed by atoms with Crippen LogP contribution in [0.15, 0.2) is 72.8 Å². The van der Waals surface area contributed by atoms with Gasteiger partial charge in [0.25, 0.3) is 5.91 Å². The van der Waals surface area contributed by atoms with E-state index >= 15 is 0 Å². The van der Waals surface area contributed by atoms with Crippen LogP contribution >= 0.6 is 0 Å². The monoisotopic (exact) mass is 468 g/mol. The van der Waals surface area contributed by atoms with Gasteiger partial charge in [0.1, 0.15) is 5.75 Å². The first kappa shape index (κ1) is 23.2. The first-order valence-corrected chi connectivity index (χ1v) is 12.5. The Morgan fingerprint density at radius 3 is 2.49 bits per heavy atom. The third-order valence-electron chi connectivity index (χ3n) is 6.94. The summed E-state index contributed by atoms with van der Waals surface area (Å²) in [6.45, 7) is 5.02. The summed E-state index contributed by atoms with van der Waals surface area (Å²) in [4.78, 5) is 27.9. The van der Waals surface area contributed by atoms with Crippen molar-refractivity contribution >= 4 is 11.8 Å². The molecule has 1 saturated carbocycles. The van der Waals surface area contributed by atoms with Crippen molar-refractivity contribution in [3.05, 3.63) is 101 Å². The van der Waals surface area contributed by atoms with Crippen LogP contribution in [0.25, 0.3) is 0 Å². The molecule has 1 fully saturated rings.